The second-order valence-electron chi connectivity index (χ2n) is 8.50. The number of alkyl halides is 3. The Kier molecular flexibility index (Phi) is 8.49. The van der Waals surface area contributed by atoms with Crippen LogP contribution in [0.25, 0.3) is 0 Å². The maximum Gasteiger partial charge on any atom is 0.416 e. The van der Waals surface area contributed by atoms with Crippen molar-refractivity contribution in [3.63, 3.8) is 0 Å². The first-order chi connectivity index (χ1) is 16.1. The summed E-state index contributed by atoms with van der Waals surface area (Å²) < 4.78 is 38.9. The molecule has 2 amide bonds. The first-order valence-electron chi connectivity index (χ1n) is 11.3. The summed E-state index contributed by atoms with van der Waals surface area (Å²) in [4.78, 5) is 31.8. The number of nitrogens with zero attached hydrogens (tertiary/aromatic N) is 2. The molecular formula is C24H30F3N5O2. The number of amides is 2. The minimum Gasteiger partial charge on any atom is -0.384 e. The Hall–Kier alpha value is -3.14. The number of hydrogen-bond acceptors (Lipinski definition) is 5. The Morgan fingerprint density at radius 1 is 1.03 bits per heavy atom. The Bertz CT molecular complexity index is 958. The Balaban J connectivity index is 1.70. The Labute approximate surface area is 196 Å². The minimum absolute atomic E-state index is 0.0335. The van der Waals surface area contributed by atoms with Crippen molar-refractivity contribution in [3.8, 4) is 0 Å². The van der Waals surface area contributed by atoms with E-state index in [-0.39, 0.29) is 25.0 Å². The molecule has 4 N–H and O–H groups in total. The van der Waals surface area contributed by atoms with Crippen LogP contribution in [0.2, 0.25) is 0 Å². The third kappa shape index (κ3) is 6.93. The number of carbonyl (C=O) groups is 2. The van der Waals surface area contributed by atoms with Gasteiger partial charge in [-0.15, -0.1) is 0 Å². The van der Waals surface area contributed by atoms with Gasteiger partial charge in [-0.25, -0.2) is 4.98 Å². The van der Waals surface area contributed by atoms with E-state index in [1.165, 1.54) is 18.3 Å². The first-order valence-corrected chi connectivity index (χ1v) is 11.3. The zero-order chi connectivity index (χ0) is 24.7. The number of benzene rings is 1. The summed E-state index contributed by atoms with van der Waals surface area (Å²) in [7, 11) is 0. The molecule has 34 heavy (non-hydrogen) atoms. The second kappa shape index (κ2) is 11.3. The monoisotopic (exact) mass is 477 g/mol. The molecule has 1 aliphatic heterocycles. The number of carbonyl (C=O) groups excluding carboxylic acids is 2. The van der Waals surface area contributed by atoms with Gasteiger partial charge in [0.2, 0.25) is 11.8 Å². The number of hydrogen-bond donors (Lipinski definition) is 3. The molecule has 1 aliphatic rings. The van der Waals surface area contributed by atoms with E-state index in [4.69, 9.17) is 5.73 Å². The first kappa shape index (κ1) is 25.5. The molecule has 7 nitrogen and oxygen atoms in total. The van der Waals surface area contributed by atoms with E-state index in [2.05, 4.69) is 20.5 Å². The molecule has 0 bridgehead atoms. The van der Waals surface area contributed by atoms with Crippen molar-refractivity contribution in [2.45, 2.75) is 50.9 Å². The van der Waals surface area contributed by atoms with E-state index >= 15 is 0 Å². The SMILES string of the molecule is C[C@H](C(=O)NC[C@H](C(=O)NCc1ccc(N)nc1)c1ccc(C(F)(F)F)cc1)N1CCCCC1. The normalized spacial score (nSPS) is 16.5. The molecular weight excluding hydrogens is 447 g/mol. The van der Waals surface area contributed by atoms with E-state index in [1.807, 2.05) is 6.92 Å². The molecule has 0 spiro atoms. The molecule has 0 unspecified atom stereocenters. The maximum atomic E-state index is 13.0. The molecule has 1 aromatic carbocycles. The van der Waals surface area contributed by atoms with Crippen LogP contribution in [0.15, 0.2) is 42.6 Å². The molecule has 0 radical (unpaired) electrons. The highest BCUT2D eigenvalue weighted by Gasteiger charge is 2.31. The van der Waals surface area contributed by atoms with Crippen LogP contribution in [0.4, 0.5) is 19.0 Å². The molecule has 0 aliphatic carbocycles. The number of halogens is 3. The lowest BCUT2D eigenvalue weighted by molar-refractivity contribution is -0.137. The van der Waals surface area contributed by atoms with Gasteiger partial charge in [0.1, 0.15) is 5.82 Å². The zero-order valence-corrected chi connectivity index (χ0v) is 19.1. The molecule has 3 rings (SSSR count). The van der Waals surface area contributed by atoms with Crippen molar-refractivity contribution in [1.82, 2.24) is 20.5 Å². The summed E-state index contributed by atoms with van der Waals surface area (Å²) >= 11 is 0. The summed E-state index contributed by atoms with van der Waals surface area (Å²) in [5.74, 6) is -1.14. The number of pyridine rings is 1. The van der Waals surface area contributed by atoms with Gasteiger partial charge >= 0.3 is 6.18 Å². The van der Waals surface area contributed by atoms with Crippen molar-refractivity contribution in [1.29, 1.82) is 0 Å². The molecule has 0 saturated carbocycles. The third-order valence-electron chi connectivity index (χ3n) is 6.07. The highest BCUT2D eigenvalue weighted by Crippen LogP contribution is 2.30. The van der Waals surface area contributed by atoms with Crippen molar-refractivity contribution in [2.75, 3.05) is 25.4 Å². The average molecular weight is 478 g/mol. The summed E-state index contributed by atoms with van der Waals surface area (Å²) in [6.07, 6.45) is 0.272. The summed E-state index contributed by atoms with van der Waals surface area (Å²) in [5, 5.41) is 5.59. The molecule has 1 fully saturated rings. The highest BCUT2D eigenvalue weighted by atomic mass is 19.4. The largest absolute Gasteiger partial charge is 0.416 e. The number of anilines is 1. The van der Waals surface area contributed by atoms with E-state index in [9.17, 15) is 22.8 Å². The lowest BCUT2D eigenvalue weighted by atomic mass is 9.96. The van der Waals surface area contributed by atoms with Crippen LogP contribution >= 0.6 is 0 Å². The van der Waals surface area contributed by atoms with E-state index in [0.717, 1.165) is 50.0 Å². The Morgan fingerprint density at radius 2 is 1.71 bits per heavy atom. The number of likely N-dealkylation sites (tertiary alicyclic amines) is 1. The summed E-state index contributed by atoms with van der Waals surface area (Å²) in [5.41, 5.74) is 5.87. The number of aromatic nitrogens is 1. The standard InChI is InChI=1S/C24H30F3N5O2/c1-16(32-11-3-2-4-12-32)22(33)31-15-20(18-6-8-19(9-7-18)24(25,26)27)23(34)30-14-17-5-10-21(28)29-13-17/h5-10,13,16,20H,2-4,11-12,14-15H2,1H3,(H2,28,29)(H,30,34)(H,31,33)/t16-,20+/m1/s1. The zero-order valence-electron chi connectivity index (χ0n) is 19.1. The van der Waals surface area contributed by atoms with Crippen LogP contribution in [0, 0.1) is 0 Å². The number of nitrogen functional groups attached to an aromatic ring is 1. The molecule has 1 aromatic heterocycles. The maximum absolute atomic E-state index is 13.0. The van der Waals surface area contributed by atoms with E-state index < -0.39 is 23.6 Å². The quantitative estimate of drug-likeness (QED) is 0.543. The fourth-order valence-corrected chi connectivity index (χ4v) is 3.94. The van der Waals surface area contributed by atoms with Crippen molar-refractivity contribution < 1.29 is 22.8 Å². The summed E-state index contributed by atoms with van der Waals surface area (Å²) in [6.45, 7) is 3.64. The molecule has 184 valence electrons. The summed E-state index contributed by atoms with van der Waals surface area (Å²) in [6, 6.07) is 7.41. The number of piperidine rings is 1. The predicted octanol–water partition coefficient (Wildman–Crippen LogP) is 3.07. The second-order valence-corrected chi connectivity index (χ2v) is 8.50. The highest BCUT2D eigenvalue weighted by molar-refractivity contribution is 5.86. The van der Waals surface area contributed by atoms with Gasteiger partial charge in [0.15, 0.2) is 0 Å². The van der Waals surface area contributed by atoms with Crippen LogP contribution in [-0.4, -0.2) is 47.4 Å². The van der Waals surface area contributed by atoms with Gasteiger partial charge in [-0.2, -0.15) is 13.2 Å². The molecule has 10 heteroatoms. The van der Waals surface area contributed by atoms with Crippen LogP contribution in [0.1, 0.15) is 48.8 Å². The van der Waals surface area contributed by atoms with Crippen LogP contribution in [-0.2, 0) is 22.3 Å². The van der Waals surface area contributed by atoms with Crippen LogP contribution in [0.5, 0.6) is 0 Å². The number of nitrogens with one attached hydrogen (secondary N) is 2. The molecule has 1 saturated heterocycles. The average Bonchev–Trinajstić information content (AvgIpc) is 2.83. The van der Waals surface area contributed by atoms with Gasteiger partial charge in [-0.05, 0) is 62.2 Å². The predicted molar refractivity (Wildman–Crippen MR) is 123 cm³/mol. The van der Waals surface area contributed by atoms with Gasteiger partial charge in [-0.1, -0.05) is 24.6 Å². The number of nitrogens with two attached hydrogens (primary N) is 1. The van der Waals surface area contributed by atoms with Gasteiger partial charge in [0.05, 0.1) is 17.5 Å². The van der Waals surface area contributed by atoms with Crippen molar-refractivity contribution in [2.24, 2.45) is 0 Å². The van der Waals surface area contributed by atoms with Crippen LogP contribution < -0.4 is 16.4 Å². The minimum atomic E-state index is -4.48. The van der Waals surface area contributed by atoms with Crippen molar-refractivity contribution >= 4 is 17.6 Å². The fourth-order valence-electron chi connectivity index (χ4n) is 3.94. The van der Waals surface area contributed by atoms with Crippen molar-refractivity contribution in [3.05, 3.63) is 59.3 Å². The third-order valence-corrected chi connectivity index (χ3v) is 6.07. The van der Waals surface area contributed by atoms with Gasteiger partial charge in [0, 0.05) is 19.3 Å². The molecule has 2 atom stereocenters. The number of rotatable bonds is 8. The van der Waals surface area contributed by atoms with Crippen LogP contribution in [0.3, 0.4) is 0 Å². The van der Waals surface area contributed by atoms with Gasteiger partial charge in [-0.3, -0.25) is 14.5 Å². The van der Waals surface area contributed by atoms with Gasteiger partial charge in [0.25, 0.3) is 0 Å². The topological polar surface area (TPSA) is 100 Å². The smallest absolute Gasteiger partial charge is 0.384 e. The lowest BCUT2D eigenvalue weighted by Gasteiger charge is -2.31. The van der Waals surface area contributed by atoms with E-state index in [1.54, 1.807) is 12.1 Å². The fraction of sp³-hybridized carbons (Fsp3) is 0.458. The van der Waals surface area contributed by atoms with E-state index in [0.29, 0.717) is 11.4 Å². The Morgan fingerprint density at radius 3 is 2.29 bits per heavy atom. The molecule has 2 aromatic rings. The lowest BCUT2D eigenvalue weighted by Crippen LogP contribution is -2.48. The molecule has 2 heterocycles. The van der Waals surface area contributed by atoms with Gasteiger partial charge < -0.3 is 16.4 Å².